The van der Waals surface area contributed by atoms with Crippen molar-refractivity contribution < 1.29 is 4.79 Å². The molecule has 5 heteroatoms. The Kier molecular flexibility index (Phi) is 3.42. The van der Waals surface area contributed by atoms with Crippen molar-refractivity contribution in [2.75, 3.05) is 0 Å². The number of aryl methyl sites for hydroxylation is 2. The van der Waals surface area contributed by atoms with Gasteiger partial charge in [-0.25, -0.2) is 4.98 Å². The summed E-state index contributed by atoms with van der Waals surface area (Å²) in [5.41, 5.74) is 1.01. The molecule has 2 nitrogen and oxygen atoms in total. The normalized spacial score (nSPS) is 10.7. The summed E-state index contributed by atoms with van der Waals surface area (Å²) in [6, 6.07) is 3.51. The minimum absolute atomic E-state index is 0.0886. The van der Waals surface area contributed by atoms with Gasteiger partial charge >= 0.3 is 0 Å². The summed E-state index contributed by atoms with van der Waals surface area (Å²) in [5.74, 6) is 0.0886. The Hall–Kier alpha value is -0.710. The predicted molar refractivity (Wildman–Crippen MR) is 69.0 cm³/mol. The lowest BCUT2D eigenvalue weighted by molar-refractivity contribution is 0.0997. The lowest BCUT2D eigenvalue weighted by Gasteiger charge is -1.92. The number of hydrogen-bond acceptors (Lipinski definition) is 4. The van der Waals surface area contributed by atoms with Gasteiger partial charge < -0.3 is 0 Å². The standard InChI is InChI=1S/C11H10ClNOS2/c1-6-7(2)15-11(13-6)5-8(14)9-3-4-10(12)16-9/h3-4H,5H2,1-2H3. The Labute approximate surface area is 107 Å². The highest BCUT2D eigenvalue weighted by Crippen LogP contribution is 2.24. The first-order chi connectivity index (χ1) is 7.56. The van der Waals surface area contributed by atoms with Crippen molar-refractivity contribution >= 4 is 40.1 Å². The molecule has 0 unspecified atom stereocenters. The van der Waals surface area contributed by atoms with Crippen LogP contribution in [0.25, 0.3) is 0 Å². The van der Waals surface area contributed by atoms with Gasteiger partial charge in [0.05, 0.1) is 21.3 Å². The molecule has 0 aliphatic heterocycles. The number of thiophene rings is 1. The first kappa shape index (κ1) is 11.8. The first-order valence-electron chi connectivity index (χ1n) is 4.77. The summed E-state index contributed by atoms with van der Waals surface area (Å²) < 4.78 is 0.648. The molecule has 0 aliphatic carbocycles. The molecule has 0 spiro atoms. The summed E-state index contributed by atoms with van der Waals surface area (Å²) in [6.07, 6.45) is 0.371. The van der Waals surface area contributed by atoms with Crippen LogP contribution in [0, 0.1) is 13.8 Å². The maximum Gasteiger partial charge on any atom is 0.179 e. The SMILES string of the molecule is Cc1nc(CC(=O)c2ccc(Cl)s2)sc1C. The highest BCUT2D eigenvalue weighted by atomic mass is 35.5. The molecule has 2 heterocycles. The third-order valence-electron chi connectivity index (χ3n) is 2.23. The van der Waals surface area contributed by atoms with Gasteiger partial charge in [0, 0.05) is 4.88 Å². The number of ketones is 1. The molecule has 2 aromatic heterocycles. The van der Waals surface area contributed by atoms with E-state index in [4.69, 9.17) is 11.6 Å². The third kappa shape index (κ3) is 2.51. The number of hydrogen-bond donors (Lipinski definition) is 0. The Morgan fingerprint density at radius 1 is 1.38 bits per heavy atom. The van der Waals surface area contributed by atoms with E-state index < -0.39 is 0 Å². The van der Waals surface area contributed by atoms with Crippen molar-refractivity contribution in [1.29, 1.82) is 0 Å². The van der Waals surface area contributed by atoms with Crippen LogP contribution in [0.1, 0.15) is 25.3 Å². The van der Waals surface area contributed by atoms with E-state index in [2.05, 4.69) is 4.98 Å². The molecule has 0 radical (unpaired) electrons. The minimum atomic E-state index is 0.0886. The third-order valence-corrected chi connectivity index (χ3v) is 4.58. The zero-order valence-corrected chi connectivity index (χ0v) is 11.3. The minimum Gasteiger partial charge on any atom is -0.293 e. The zero-order valence-electron chi connectivity index (χ0n) is 8.91. The molecule has 2 aromatic rings. The van der Waals surface area contributed by atoms with Crippen LogP contribution in [0.2, 0.25) is 4.34 Å². The number of thiazole rings is 1. The molecule has 2 rings (SSSR count). The first-order valence-corrected chi connectivity index (χ1v) is 6.79. The van der Waals surface area contributed by atoms with Crippen molar-refractivity contribution in [2.24, 2.45) is 0 Å². The average Bonchev–Trinajstić information content (AvgIpc) is 2.75. The number of carbonyl (C=O) groups is 1. The van der Waals surface area contributed by atoms with Gasteiger partial charge in [-0.3, -0.25) is 4.79 Å². The summed E-state index contributed by atoms with van der Waals surface area (Å²) in [5, 5.41) is 0.879. The highest BCUT2D eigenvalue weighted by molar-refractivity contribution is 7.18. The lowest BCUT2D eigenvalue weighted by atomic mass is 10.2. The molecule has 84 valence electrons. The van der Waals surface area contributed by atoms with E-state index in [1.165, 1.54) is 16.2 Å². The molecule has 0 bridgehead atoms. The van der Waals surface area contributed by atoms with Gasteiger partial charge in [0.15, 0.2) is 5.78 Å². The van der Waals surface area contributed by atoms with Gasteiger partial charge in [-0.2, -0.15) is 0 Å². The largest absolute Gasteiger partial charge is 0.293 e. The fourth-order valence-corrected chi connectivity index (χ4v) is 3.22. The zero-order chi connectivity index (χ0) is 11.7. The Morgan fingerprint density at radius 3 is 2.62 bits per heavy atom. The molecule has 16 heavy (non-hydrogen) atoms. The number of aromatic nitrogens is 1. The molecule has 0 saturated carbocycles. The number of nitrogens with zero attached hydrogens (tertiary/aromatic N) is 1. The fraction of sp³-hybridized carbons (Fsp3) is 0.273. The second-order valence-electron chi connectivity index (χ2n) is 3.45. The Bertz CT molecular complexity index is 510. The maximum absolute atomic E-state index is 11.9. The molecular formula is C11H10ClNOS2. The van der Waals surface area contributed by atoms with Crippen molar-refractivity contribution in [3.8, 4) is 0 Å². The van der Waals surface area contributed by atoms with E-state index in [0.29, 0.717) is 15.6 Å². The van der Waals surface area contributed by atoms with Crippen LogP contribution < -0.4 is 0 Å². The van der Waals surface area contributed by atoms with Crippen molar-refractivity contribution in [2.45, 2.75) is 20.3 Å². The van der Waals surface area contributed by atoms with Crippen LogP contribution >= 0.6 is 34.3 Å². The number of Topliss-reactive ketones (excluding diaryl/α,β-unsaturated/α-hetero) is 1. The second-order valence-corrected chi connectivity index (χ2v) is 6.46. The quantitative estimate of drug-likeness (QED) is 0.793. The van der Waals surface area contributed by atoms with E-state index in [1.54, 1.807) is 23.5 Å². The van der Waals surface area contributed by atoms with E-state index in [-0.39, 0.29) is 5.78 Å². The molecule has 0 saturated heterocycles. The van der Waals surface area contributed by atoms with Crippen LogP contribution in [0.5, 0.6) is 0 Å². The van der Waals surface area contributed by atoms with E-state index >= 15 is 0 Å². The van der Waals surface area contributed by atoms with Gasteiger partial charge in [-0.1, -0.05) is 11.6 Å². The summed E-state index contributed by atoms with van der Waals surface area (Å²) in [4.78, 5) is 18.1. The molecule has 0 amide bonds. The van der Waals surface area contributed by atoms with E-state index in [1.807, 2.05) is 13.8 Å². The highest BCUT2D eigenvalue weighted by Gasteiger charge is 2.12. The van der Waals surface area contributed by atoms with E-state index in [9.17, 15) is 4.79 Å². The topological polar surface area (TPSA) is 30.0 Å². The predicted octanol–water partition coefficient (Wildman–Crippen LogP) is 3.90. The summed E-state index contributed by atoms with van der Waals surface area (Å²) >= 11 is 8.69. The Balaban J connectivity index is 2.13. The smallest absolute Gasteiger partial charge is 0.179 e. The molecule has 0 N–H and O–H groups in total. The van der Waals surface area contributed by atoms with Crippen molar-refractivity contribution in [3.63, 3.8) is 0 Å². The number of carbonyl (C=O) groups excluding carboxylic acids is 1. The molecule has 0 fully saturated rings. The van der Waals surface area contributed by atoms with Crippen LogP contribution in [0.4, 0.5) is 0 Å². The van der Waals surface area contributed by atoms with Crippen LogP contribution in [0.3, 0.4) is 0 Å². The summed E-state index contributed by atoms with van der Waals surface area (Å²) in [7, 11) is 0. The average molecular weight is 272 g/mol. The molecular weight excluding hydrogens is 262 g/mol. The van der Waals surface area contributed by atoms with Crippen LogP contribution in [0.15, 0.2) is 12.1 Å². The molecule has 0 aliphatic rings. The van der Waals surface area contributed by atoms with Gasteiger partial charge in [0.2, 0.25) is 0 Å². The Morgan fingerprint density at radius 2 is 2.12 bits per heavy atom. The van der Waals surface area contributed by atoms with Gasteiger partial charge in [-0.15, -0.1) is 22.7 Å². The van der Waals surface area contributed by atoms with Gasteiger partial charge in [-0.05, 0) is 26.0 Å². The summed E-state index contributed by atoms with van der Waals surface area (Å²) in [6.45, 7) is 3.98. The molecule has 0 atom stereocenters. The monoisotopic (exact) mass is 271 g/mol. The second kappa shape index (κ2) is 4.65. The fourth-order valence-electron chi connectivity index (χ4n) is 1.30. The van der Waals surface area contributed by atoms with Gasteiger partial charge in [0.1, 0.15) is 5.01 Å². The van der Waals surface area contributed by atoms with Crippen molar-refractivity contribution in [3.05, 3.63) is 36.9 Å². The van der Waals surface area contributed by atoms with Crippen LogP contribution in [-0.4, -0.2) is 10.8 Å². The lowest BCUT2D eigenvalue weighted by Crippen LogP contribution is -2.00. The molecule has 0 aromatic carbocycles. The van der Waals surface area contributed by atoms with Crippen molar-refractivity contribution in [1.82, 2.24) is 4.98 Å². The number of rotatable bonds is 3. The maximum atomic E-state index is 11.9. The number of halogens is 1. The van der Waals surface area contributed by atoms with Crippen LogP contribution in [-0.2, 0) is 6.42 Å². The van der Waals surface area contributed by atoms with E-state index in [0.717, 1.165) is 10.7 Å². The van der Waals surface area contributed by atoms with Gasteiger partial charge in [0.25, 0.3) is 0 Å².